The number of hydrogen-bond acceptors (Lipinski definition) is 8. The molecule has 1 aromatic heterocycles. The minimum absolute atomic E-state index is 0.260. The van der Waals surface area contributed by atoms with E-state index in [1.54, 1.807) is 24.4 Å². The number of carbonyl (C=O) groups is 1. The van der Waals surface area contributed by atoms with E-state index in [0.717, 1.165) is 51.0 Å². The lowest BCUT2D eigenvalue weighted by atomic mass is 9.79. The lowest BCUT2D eigenvalue weighted by molar-refractivity contribution is 0.102. The van der Waals surface area contributed by atoms with Gasteiger partial charge in [0.1, 0.15) is 5.82 Å². The van der Waals surface area contributed by atoms with Crippen LogP contribution in [0, 0.1) is 11.3 Å². The van der Waals surface area contributed by atoms with Gasteiger partial charge in [-0.15, -0.1) is 0 Å². The number of fused-ring (bicyclic) bond motifs is 7. The van der Waals surface area contributed by atoms with Crippen LogP contribution in [0.5, 0.6) is 0 Å². The number of amides is 1. The normalized spacial score (nSPS) is 25.1. The summed E-state index contributed by atoms with van der Waals surface area (Å²) in [4.78, 5) is 24.5. The molecule has 1 amide bonds. The van der Waals surface area contributed by atoms with Crippen LogP contribution in [-0.4, -0.2) is 63.0 Å². The van der Waals surface area contributed by atoms with Crippen LogP contribution < -0.4 is 19.8 Å². The highest BCUT2D eigenvalue weighted by Gasteiger charge is 2.51. The number of nitrogens with zero attached hydrogens (tertiary/aromatic N) is 4. The molecule has 1 spiro atoms. The summed E-state index contributed by atoms with van der Waals surface area (Å²) in [5.74, 6) is 0.872. The molecule has 4 heterocycles. The van der Waals surface area contributed by atoms with Gasteiger partial charge in [0.15, 0.2) is 5.94 Å². The Morgan fingerprint density at radius 1 is 1.11 bits per heavy atom. The molecule has 2 aromatic rings. The second-order valence-corrected chi connectivity index (χ2v) is 12.1. The Kier molecular flexibility index (Phi) is 5.99. The Hall–Kier alpha value is -2.92. The molecule has 11 heteroatoms. The second-order valence-electron chi connectivity index (χ2n) is 10.3. The molecule has 4 bridgehead atoms. The lowest BCUT2D eigenvalue weighted by Gasteiger charge is -2.41. The molecule has 3 aliphatic heterocycles. The van der Waals surface area contributed by atoms with Gasteiger partial charge in [0.2, 0.25) is 5.95 Å². The molecule has 0 radical (unpaired) electrons. The standard InChI is InChI=1S/C25H32N6O4S/c32-23-20-5-4-19(31-13-14-35-17-36(31,33)34)15-21(20)30-12-9-25(7-8-25)18(16-30)3-1-2-10-26-24-27-11-6-22(28-23)29-24/h4-6,11,15,18H,1-3,7-10,12-14,16-17H2,(H2,26,27,28,29,32)/t18-/m0/s1. The number of benzene rings is 1. The van der Waals surface area contributed by atoms with Crippen molar-refractivity contribution in [3.8, 4) is 0 Å². The summed E-state index contributed by atoms with van der Waals surface area (Å²) >= 11 is 0. The van der Waals surface area contributed by atoms with E-state index in [0.29, 0.717) is 41.0 Å². The maximum Gasteiger partial charge on any atom is 0.259 e. The molecule has 192 valence electrons. The maximum absolute atomic E-state index is 13.5. The third-order valence-electron chi connectivity index (χ3n) is 8.10. The zero-order valence-corrected chi connectivity index (χ0v) is 21.1. The van der Waals surface area contributed by atoms with Crippen molar-refractivity contribution in [2.24, 2.45) is 11.3 Å². The quantitative estimate of drug-likeness (QED) is 0.599. The van der Waals surface area contributed by atoms with E-state index >= 15 is 0 Å². The largest absolute Gasteiger partial charge is 0.371 e. The van der Waals surface area contributed by atoms with E-state index in [1.165, 1.54) is 17.1 Å². The number of piperidine rings is 1. The number of aromatic nitrogens is 2. The third kappa shape index (κ3) is 4.50. The topological polar surface area (TPSA) is 117 Å². The van der Waals surface area contributed by atoms with E-state index in [-0.39, 0.29) is 18.4 Å². The zero-order chi connectivity index (χ0) is 24.8. The van der Waals surface area contributed by atoms with Crippen molar-refractivity contribution in [2.45, 2.75) is 38.5 Å². The fourth-order valence-corrected chi connectivity index (χ4v) is 7.14. The van der Waals surface area contributed by atoms with E-state index in [4.69, 9.17) is 4.74 Å². The summed E-state index contributed by atoms with van der Waals surface area (Å²) in [6, 6.07) is 6.99. The number of ether oxygens (including phenoxy) is 1. The molecule has 2 N–H and O–H groups in total. The predicted molar refractivity (Wildman–Crippen MR) is 138 cm³/mol. The highest BCUT2D eigenvalue weighted by Crippen LogP contribution is 2.58. The van der Waals surface area contributed by atoms with Gasteiger partial charge in [-0.1, -0.05) is 6.42 Å². The summed E-state index contributed by atoms with van der Waals surface area (Å²) in [7, 11) is -3.57. The van der Waals surface area contributed by atoms with Crippen molar-refractivity contribution in [1.29, 1.82) is 0 Å². The van der Waals surface area contributed by atoms with Crippen LogP contribution >= 0.6 is 0 Å². The first-order valence-electron chi connectivity index (χ1n) is 12.8. The number of rotatable bonds is 1. The third-order valence-corrected chi connectivity index (χ3v) is 9.63. The molecular formula is C25H32N6O4S. The van der Waals surface area contributed by atoms with Crippen LogP contribution in [-0.2, 0) is 14.8 Å². The van der Waals surface area contributed by atoms with Crippen LogP contribution in [0.3, 0.4) is 0 Å². The van der Waals surface area contributed by atoms with Gasteiger partial charge >= 0.3 is 0 Å². The molecule has 2 saturated heterocycles. The van der Waals surface area contributed by atoms with Gasteiger partial charge in [-0.25, -0.2) is 13.4 Å². The van der Waals surface area contributed by atoms with Crippen molar-refractivity contribution in [3.05, 3.63) is 36.0 Å². The van der Waals surface area contributed by atoms with Crippen molar-refractivity contribution >= 4 is 39.1 Å². The number of hydrogen-bond donors (Lipinski definition) is 2. The van der Waals surface area contributed by atoms with Crippen LogP contribution in [0.1, 0.15) is 48.9 Å². The molecule has 1 aliphatic carbocycles. The van der Waals surface area contributed by atoms with Gasteiger partial charge in [-0.3, -0.25) is 9.10 Å². The van der Waals surface area contributed by atoms with Crippen molar-refractivity contribution < 1.29 is 17.9 Å². The fraction of sp³-hybridized carbons (Fsp3) is 0.560. The maximum atomic E-state index is 13.5. The lowest BCUT2D eigenvalue weighted by Crippen LogP contribution is -2.43. The highest BCUT2D eigenvalue weighted by atomic mass is 32.2. The number of nitrogens with one attached hydrogen (secondary N) is 2. The van der Waals surface area contributed by atoms with Gasteiger partial charge < -0.3 is 20.3 Å². The van der Waals surface area contributed by atoms with Gasteiger partial charge in [-0.05, 0) is 67.7 Å². The van der Waals surface area contributed by atoms with E-state index in [2.05, 4.69) is 25.5 Å². The van der Waals surface area contributed by atoms with E-state index in [1.807, 2.05) is 6.07 Å². The van der Waals surface area contributed by atoms with E-state index < -0.39 is 10.0 Å². The summed E-state index contributed by atoms with van der Waals surface area (Å²) in [5, 5.41) is 6.19. The SMILES string of the molecule is O=C1Nc2ccnc(n2)NCCCC[C@H]2CN(CCC23CC3)c2cc(N3CCOCS3(=O)=O)ccc21. The first-order chi connectivity index (χ1) is 17.4. The van der Waals surface area contributed by atoms with Crippen molar-refractivity contribution in [3.63, 3.8) is 0 Å². The average molecular weight is 513 g/mol. The molecule has 0 unspecified atom stereocenters. The Balaban J connectivity index is 1.40. The summed E-state index contributed by atoms with van der Waals surface area (Å²) in [5.41, 5.74) is 2.29. The van der Waals surface area contributed by atoms with Crippen LogP contribution in [0.4, 0.5) is 23.1 Å². The molecule has 3 fully saturated rings. The zero-order valence-electron chi connectivity index (χ0n) is 20.3. The molecule has 1 aromatic carbocycles. The minimum Gasteiger partial charge on any atom is -0.371 e. The molecule has 10 nitrogen and oxygen atoms in total. The Morgan fingerprint density at radius 3 is 2.83 bits per heavy atom. The second kappa shape index (κ2) is 9.19. The molecule has 36 heavy (non-hydrogen) atoms. The monoisotopic (exact) mass is 512 g/mol. The first-order valence-corrected chi connectivity index (χ1v) is 14.4. The molecule has 1 atom stereocenters. The van der Waals surface area contributed by atoms with Crippen LogP contribution in [0.15, 0.2) is 30.5 Å². The molecule has 1 saturated carbocycles. The summed E-state index contributed by atoms with van der Waals surface area (Å²) in [6.07, 6.45) is 8.57. The van der Waals surface area contributed by atoms with E-state index in [9.17, 15) is 13.2 Å². The summed E-state index contributed by atoms with van der Waals surface area (Å²) < 4.78 is 32.0. The average Bonchev–Trinajstić information content (AvgIpc) is 3.64. The number of sulfonamides is 1. The van der Waals surface area contributed by atoms with Gasteiger partial charge in [0.25, 0.3) is 15.9 Å². The van der Waals surface area contributed by atoms with Crippen LogP contribution in [0.2, 0.25) is 0 Å². The predicted octanol–water partition coefficient (Wildman–Crippen LogP) is 3.06. The van der Waals surface area contributed by atoms with Gasteiger partial charge in [-0.2, -0.15) is 4.98 Å². The fourth-order valence-electron chi connectivity index (χ4n) is 5.89. The first kappa shape index (κ1) is 23.5. The van der Waals surface area contributed by atoms with Crippen molar-refractivity contribution in [2.75, 3.05) is 58.6 Å². The van der Waals surface area contributed by atoms with Crippen LogP contribution in [0.25, 0.3) is 0 Å². The smallest absolute Gasteiger partial charge is 0.259 e. The highest BCUT2D eigenvalue weighted by molar-refractivity contribution is 7.92. The molecule has 6 rings (SSSR count). The molecular weight excluding hydrogens is 480 g/mol. The van der Waals surface area contributed by atoms with Gasteiger partial charge in [0.05, 0.1) is 30.1 Å². The number of carbonyl (C=O) groups excluding carboxylic acids is 1. The number of anilines is 4. The van der Waals surface area contributed by atoms with Gasteiger partial charge in [0, 0.05) is 25.8 Å². The Bertz CT molecular complexity index is 1260. The minimum atomic E-state index is -3.57. The Labute approximate surface area is 211 Å². The van der Waals surface area contributed by atoms with Crippen molar-refractivity contribution in [1.82, 2.24) is 9.97 Å². The Morgan fingerprint density at radius 2 is 2.00 bits per heavy atom. The summed E-state index contributed by atoms with van der Waals surface area (Å²) in [6.45, 7) is 3.12. The molecule has 4 aliphatic rings.